The number of nitrogens with one attached hydrogen (secondary N) is 2. The monoisotopic (exact) mass is 454 g/mol. The Morgan fingerprint density at radius 1 is 1.09 bits per heavy atom. The van der Waals surface area contributed by atoms with Crippen LogP contribution in [0.15, 0.2) is 53.6 Å². The summed E-state index contributed by atoms with van der Waals surface area (Å²) in [5, 5.41) is 2.85. The Morgan fingerprint density at radius 3 is 2.44 bits per heavy atom. The van der Waals surface area contributed by atoms with Gasteiger partial charge in [0.2, 0.25) is 15.9 Å². The van der Waals surface area contributed by atoms with Gasteiger partial charge in [0.1, 0.15) is 5.82 Å². The summed E-state index contributed by atoms with van der Waals surface area (Å²) < 4.78 is 27.1. The van der Waals surface area contributed by atoms with Crippen LogP contribution in [0, 0.1) is 5.92 Å². The molecule has 0 unspecified atom stereocenters. The molecule has 0 bridgehead atoms. The fourth-order valence-corrected chi connectivity index (χ4v) is 4.92. The number of pyridine rings is 1. The standard InChI is InChI=1S/C24H30N4O3S/c1-18-12-14-28(15-13-18)23-10-4-20(16-25-23)17-26-24(29)11-5-19-2-8-22(9-3-19)32(30,31)27-21-6-7-21/h2-5,8-11,16,18,21,27H,6-7,12-15,17H2,1H3,(H,26,29)/b11-5+. The van der Waals surface area contributed by atoms with Crippen LogP contribution in [0.2, 0.25) is 0 Å². The lowest BCUT2D eigenvalue weighted by Gasteiger charge is -2.31. The summed E-state index contributed by atoms with van der Waals surface area (Å²) >= 11 is 0. The molecule has 2 N–H and O–H groups in total. The van der Waals surface area contributed by atoms with Crippen molar-refractivity contribution in [1.29, 1.82) is 0 Å². The van der Waals surface area contributed by atoms with Gasteiger partial charge in [-0.3, -0.25) is 4.79 Å². The molecule has 2 heterocycles. The van der Waals surface area contributed by atoms with Crippen molar-refractivity contribution in [2.75, 3.05) is 18.0 Å². The molecule has 2 aromatic rings. The number of aromatic nitrogens is 1. The highest BCUT2D eigenvalue weighted by Gasteiger charge is 2.27. The Bertz CT molecular complexity index is 1050. The molecule has 1 saturated carbocycles. The minimum Gasteiger partial charge on any atom is -0.357 e. The zero-order valence-corrected chi connectivity index (χ0v) is 19.1. The van der Waals surface area contributed by atoms with Gasteiger partial charge < -0.3 is 10.2 Å². The van der Waals surface area contributed by atoms with Crippen LogP contribution in [0.3, 0.4) is 0 Å². The molecule has 1 saturated heterocycles. The van der Waals surface area contributed by atoms with Gasteiger partial charge in [0.05, 0.1) is 4.90 Å². The van der Waals surface area contributed by atoms with Gasteiger partial charge in [-0.25, -0.2) is 18.1 Å². The third-order valence-electron chi connectivity index (χ3n) is 5.90. The first-order chi connectivity index (χ1) is 15.4. The molecule has 1 aliphatic carbocycles. The smallest absolute Gasteiger partial charge is 0.244 e. The molecule has 1 aliphatic heterocycles. The maximum absolute atomic E-state index is 12.2. The van der Waals surface area contributed by atoms with Gasteiger partial charge in [0.15, 0.2) is 0 Å². The molecule has 4 rings (SSSR count). The van der Waals surface area contributed by atoms with Crippen LogP contribution in [0.5, 0.6) is 0 Å². The van der Waals surface area contributed by atoms with Crippen LogP contribution in [-0.2, 0) is 21.4 Å². The van der Waals surface area contributed by atoms with Crippen molar-refractivity contribution in [1.82, 2.24) is 15.0 Å². The van der Waals surface area contributed by atoms with Crippen LogP contribution in [0.1, 0.15) is 43.7 Å². The van der Waals surface area contributed by atoms with E-state index in [-0.39, 0.29) is 16.8 Å². The van der Waals surface area contributed by atoms with E-state index in [2.05, 4.69) is 26.8 Å². The number of anilines is 1. The highest BCUT2D eigenvalue weighted by molar-refractivity contribution is 7.89. The third kappa shape index (κ3) is 6.17. The SMILES string of the molecule is CC1CCN(c2ccc(CNC(=O)/C=C/c3ccc(S(=O)(=O)NC4CC4)cc3)cn2)CC1. The Morgan fingerprint density at radius 2 is 1.81 bits per heavy atom. The molecule has 2 fully saturated rings. The number of carbonyl (C=O) groups excluding carboxylic acids is 1. The van der Waals surface area contributed by atoms with Crippen molar-refractivity contribution in [2.45, 2.75) is 50.1 Å². The number of hydrogen-bond acceptors (Lipinski definition) is 5. The lowest BCUT2D eigenvalue weighted by atomic mass is 9.99. The minimum absolute atomic E-state index is 0.0725. The molecule has 32 heavy (non-hydrogen) atoms. The zero-order valence-electron chi connectivity index (χ0n) is 18.3. The highest BCUT2D eigenvalue weighted by Crippen LogP contribution is 2.23. The Labute approximate surface area is 190 Å². The van der Waals surface area contributed by atoms with Crippen molar-refractivity contribution in [3.63, 3.8) is 0 Å². The quantitative estimate of drug-likeness (QED) is 0.598. The summed E-state index contributed by atoms with van der Waals surface area (Å²) in [5.41, 5.74) is 1.70. The first-order valence-electron chi connectivity index (χ1n) is 11.2. The van der Waals surface area contributed by atoms with Crippen LogP contribution in [0.25, 0.3) is 6.08 Å². The molecule has 0 atom stereocenters. The van der Waals surface area contributed by atoms with Crippen LogP contribution in [0.4, 0.5) is 5.82 Å². The van der Waals surface area contributed by atoms with E-state index in [1.807, 2.05) is 18.3 Å². The molecule has 0 spiro atoms. The summed E-state index contributed by atoms with van der Waals surface area (Å²) in [6.45, 7) is 4.77. The summed E-state index contributed by atoms with van der Waals surface area (Å²) in [7, 11) is -3.46. The van der Waals surface area contributed by atoms with Gasteiger partial charge in [0, 0.05) is 37.9 Å². The number of carbonyl (C=O) groups is 1. The molecule has 170 valence electrons. The van der Waals surface area contributed by atoms with Gasteiger partial charge in [-0.1, -0.05) is 25.1 Å². The molecule has 1 aromatic heterocycles. The van der Waals surface area contributed by atoms with Crippen LogP contribution >= 0.6 is 0 Å². The van der Waals surface area contributed by atoms with Crippen LogP contribution in [-0.4, -0.2) is 38.4 Å². The molecule has 1 aromatic carbocycles. The molecule has 7 nitrogen and oxygen atoms in total. The highest BCUT2D eigenvalue weighted by atomic mass is 32.2. The molecule has 0 radical (unpaired) electrons. The van der Waals surface area contributed by atoms with E-state index < -0.39 is 10.0 Å². The third-order valence-corrected chi connectivity index (χ3v) is 7.44. The fourth-order valence-electron chi connectivity index (χ4n) is 3.61. The molecule has 1 amide bonds. The zero-order chi connectivity index (χ0) is 22.6. The van der Waals surface area contributed by atoms with Crippen molar-refractivity contribution in [3.8, 4) is 0 Å². The number of nitrogens with zero attached hydrogens (tertiary/aromatic N) is 2. The predicted molar refractivity (Wildman–Crippen MR) is 126 cm³/mol. The predicted octanol–water partition coefficient (Wildman–Crippen LogP) is 3.09. The lowest BCUT2D eigenvalue weighted by Crippen LogP contribution is -2.33. The van der Waals surface area contributed by atoms with Crippen molar-refractivity contribution in [2.24, 2.45) is 5.92 Å². The van der Waals surface area contributed by atoms with E-state index in [9.17, 15) is 13.2 Å². The average Bonchev–Trinajstić information content (AvgIpc) is 3.61. The van der Waals surface area contributed by atoms with E-state index >= 15 is 0 Å². The maximum atomic E-state index is 12.2. The van der Waals surface area contributed by atoms with Gasteiger partial charge in [-0.2, -0.15) is 0 Å². The molecule has 2 aliphatic rings. The van der Waals surface area contributed by atoms with E-state index in [1.54, 1.807) is 30.3 Å². The number of amides is 1. The topological polar surface area (TPSA) is 91.4 Å². The van der Waals surface area contributed by atoms with Crippen molar-refractivity contribution >= 4 is 27.8 Å². The molecular weight excluding hydrogens is 424 g/mol. The van der Waals surface area contributed by atoms with E-state index in [1.165, 1.54) is 18.9 Å². The first-order valence-corrected chi connectivity index (χ1v) is 12.7. The Kier molecular flexibility index (Phi) is 6.91. The number of hydrogen-bond donors (Lipinski definition) is 2. The Hall–Kier alpha value is -2.71. The molecule has 8 heteroatoms. The fraction of sp³-hybridized carbons (Fsp3) is 0.417. The van der Waals surface area contributed by atoms with Crippen LogP contribution < -0.4 is 14.9 Å². The van der Waals surface area contributed by atoms with Gasteiger partial charge in [-0.15, -0.1) is 0 Å². The second-order valence-corrected chi connectivity index (χ2v) is 10.4. The lowest BCUT2D eigenvalue weighted by molar-refractivity contribution is -0.116. The largest absolute Gasteiger partial charge is 0.357 e. The summed E-state index contributed by atoms with van der Waals surface area (Å²) in [6.07, 6.45) is 9.11. The average molecular weight is 455 g/mol. The number of benzene rings is 1. The Balaban J connectivity index is 1.25. The van der Waals surface area contributed by atoms with Gasteiger partial charge in [0.25, 0.3) is 0 Å². The van der Waals surface area contributed by atoms with Gasteiger partial charge >= 0.3 is 0 Å². The summed E-state index contributed by atoms with van der Waals surface area (Å²) in [6, 6.07) is 10.6. The summed E-state index contributed by atoms with van der Waals surface area (Å²) in [5.74, 6) is 1.56. The first kappa shape index (κ1) is 22.5. The van der Waals surface area contributed by atoms with Crippen molar-refractivity contribution in [3.05, 3.63) is 59.8 Å². The second kappa shape index (κ2) is 9.83. The number of rotatable bonds is 8. The minimum atomic E-state index is -3.46. The van der Waals surface area contributed by atoms with E-state index in [4.69, 9.17) is 0 Å². The van der Waals surface area contributed by atoms with E-state index in [0.717, 1.165) is 48.8 Å². The number of sulfonamides is 1. The van der Waals surface area contributed by atoms with E-state index in [0.29, 0.717) is 6.54 Å². The molecular formula is C24H30N4O3S. The number of piperidine rings is 1. The summed E-state index contributed by atoms with van der Waals surface area (Å²) in [4.78, 5) is 19.3. The second-order valence-electron chi connectivity index (χ2n) is 8.71. The maximum Gasteiger partial charge on any atom is 0.244 e. The van der Waals surface area contributed by atoms with Crippen molar-refractivity contribution < 1.29 is 13.2 Å². The van der Waals surface area contributed by atoms with Gasteiger partial charge in [-0.05, 0) is 67.0 Å². The normalized spacial score (nSPS) is 17.6.